The van der Waals surface area contributed by atoms with Gasteiger partial charge in [-0.05, 0) is 41.8 Å². The van der Waals surface area contributed by atoms with E-state index in [-0.39, 0.29) is 11.5 Å². The third kappa shape index (κ3) is 4.45. The molecule has 2 aromatic rings. The molecule has 0 atom stereocenters. The Kier molecular flexibility index (Phi) is 5.54. The van der Waals surface area contributed by atoms with E-state index in [1.165, 1.54) is 0 Å². The van der Waals surface area contributed by atoms with Crippen molar-refractivity contribution in [2.75, 3.05) is 7.11 Å². The van der Waals surface area contributed by atoms with Crippen molar-refractivity contribution in [2.24, 2.45) is 0 Å². The van der Waals surface area contributed by atoms with E-state index in [1.54, 1.807) is 19.3 Å². The van der Waals surface area contributed by atoms with Crippen LogP contribution >= 0.6 is 0 Å². The molecule has 0 aliphatic rings. The number of nitrogens with zero attached hydrogens (tertiary/aromatic N) is 1. The molecule has 4 nitrogen and oxygen atoms in total. The first-order valence-corrected chi connectivity index (χ1v) is 7.22. The molecule has 0 bridgehead atoms. The molecule has 1 N–H and O–H groups in total. The quantitative estimate of drug-likeness (QED) is 0.681. The van der Waals surface area contributed by atoms with Gasteiger partial charge in [0.25, 0.3) is 5.91 Å². The largest absolute Gasteiger partial charge is 0.497 e. The maximum absolute atomic E-state index is 12.2. The average molecular weight is 306 g/mol. The molecule has 1 amide bonds. The molecule has 0 aliphatic carbocycles. The minimum Gasteiger partial charge on any atom is -0.497 e. The number of amides is 1. The van der Waals surface area contributed by atoms with Crippen molar-refractivity contribution in [1.29, 1.82) is 5.26 Å². The highest BCUT2D eigenvalue weighted by molar-refractivity contribution is 6.01. The van der Waals surface area contributed by atoms with Gasteiger partial charge in [0.1, 0.15) is 17.4 Å². The molecular formula is C19H18N2O2. The Hall–Kier alpha value is -3.06. The SMILES string of the molecule is COc1ccc(/C=C(/C#N)C(=O)NCc2ccccc2)c(C)c1. The number of hydrogen-bond donors (Lipinski definition) is 1. The van der Waals surface area contributed by atoms with Crippen LogP contribution in [0.5, 0.6) is 5.75 Å². The van der Waals surface area contributed by atoms with Gasteiger partial charge < -0.3 is 10.1 Å². The molecule has 116 valence electrons. The second-order valence-electron chi connectivity index (χ2n) is 5.06. The molecule has 0 heterocycles. The Bertz CT molecular complexity index is 759. The van der Waals surface area contributed by atoms with E-state index in [0.29, 0.717) is 6.54 Å². The smallest absolute Gasteiger partial charge is 0.262 e. The lowest BCUT2D eigenvalue weighted by atomic mass is 10.1. The summed E-state index contributed by atoms with van der Waals surface area (Å²) in [6.45, 7) is 2.30. The van der Waals surface area contributed by atoms with Crippen molar-refractivity contribution < 1.29 is 9.53 Å². The van der Waals surface area contributed by atoms with E-state index >= 15 is 0 Å². The highest BCUT2D eigenvalue weighted by atomic mass is 16.5. The zero-order valence-corrected chi connectivity index (χ0v) is 13.2. The van der Waals surface area contributed by atoms with Crippen molar-refractivity contribution in [3.8, 4) is 11.8 Å². The van der Waals surface area contributed by atoms with Crippen LogP contribution < -0.4 is 10.1 Å². The van der Waals surface area contributed by atoms with Crippen molar-refractivity contribution >= 4 is 12.0 Å². The summed E-state index contributed by atoms with van der Waals surface area (Å²) in [6.07, 6.45) is 1.59. The summed E-state index contributed by atoms with van der Waals surface area (Å²) >= 11 is 0. The third-order valence-corrected chi connectivity index (χ3v) is 3.44. The zero-order valence-electron chi connectivity index (χ0n) is 13.2. The van der Waals surface area contributed by atoms with Gasteiger partial charge in [0.15, 0.2) is 0 Å². The summed E-state index contributed by atoms with van der Waals surface area (Å²) in [5, 5.41) is 12.0. The van der Waals surface area contributed by atoms with Gasteiger partial charge in [-0.2, -0.15) is 5.26 Å². The fourth-order valence-electron chi connectivity index (χ4n) is 2.11. The van der Waals surface area contributed by atoms with Gasteiger partial charge in [0.05, 0.1) is 7.11 Å². The average Bonchev–Trinajstić information content (AvgIpc) is 2.59. The van der Waals surface area contributed by atoms with Gasteiger partial charge in [-0.25, -0.2) is 0 Å². The summed E-state index contributed by atoms with van der Waals surface area (Å²) in [6, 6.07) is 17.0. The van der Waals surface area contributed by atoms with Crippen LogP contribution in [-0.2, 0) is 11.3 Å². The molecule has 0 saturated heterocycles. The van der Waals surface area contributed by atoms with Crippen molar-refractivity contribution in [3.63, 3.8) is 0 Å². The number of nitriles is 1. The van der Waals surface area contributed by atoms with E-state index in [2.05, 4.69) is 5.32 Å². The standard InChI is InChI=1S/C19H18N2O2/c1-14-10-18(23-2)9-8-16(14)11-17(12-20)19(22)21-13-15-6-4-3-5-7-15/h3-11H,13H2,1-2H3,(H,21,22)/b17-11-. The van der Waals surface area contributed by atoms with Gasteiger partial charge in [-0.3, -0.25) is 4.79 Å². The number of nitrogens with one attached hydrogen (secondary N) is 1. The van der Waals surface area contributed by atoms with E-state index in [0.717, 1.165) is 22.4 Å². The summed E-state index contributed by atoms with van der Waals surface area (Å²) in [7, 11) is 1.60. The van der Waals surface area contributed by atoms with Gasteiger partial charge in [0.2, 0.25) is 0 Å². The van der Waals surface area contributed by atoms with Crippen LogP contribution in [0, 0.1) is 18.3 Å². The van der Waals surface area contributed by atoms with Crippen LogP contribution in [0.1, 0.15) is 16.7 Å². The number of aryl methyl sites for hydroxylation is 1. The van der Waals surface area contributed by atoms with Crippen LogP contribution in [0.25, 0.3) is 6.08 Å². The fraction of sp³-hybridized carbons (Fsp3) is 0.158. The molecule has 0 radical (unpaired) electrons. The molecule has 0 aliphatic heterocycles. The lowest BCUT2D eigenvalue weighted by Gasteiger charge is -2.06. The Morgan fingerprint density at radius 2 is 2.00 bits per heavy atom. The predicted molar refractivity (Wildman–Crippen MR) is 89.6 cm³/mol. The normalized spacial score (nSPS) is 10.7. The van der Waals surface area contributed by atoms with Crippen LogP contribution in [0.4, 0.5) is 0 Å². The number of hydrogen-bond acceptors (Lipinski definition) is 3. The van der Waals surface area contributed by atoms with Crippen LogP contribution in [0.2, 0.25) is 0 Å². The van der Waals surface area contributed by atoms with Crippen molar-refractivity contribution in [1.82, 2.24) is 5.32 Å². The summed E-state index contributed by atoms with van der Waals surface area (Å²) in [5.41, 5.74) is 2.82. The fourth-order valence-corrected chi connectivity index (χ4v) is 2.11. The molecule has 2 rings (SSSR count). The van der Waals surface area contributed by atoms with Crippen LogP contribution in [-0.4, -0.2) is 13.0 Å². The Morgan fingerprint density at radius 1 is 1.26 bits per heavy atom. The number of methoxy groups -OCH3 is 1. The summed E-state index contributed by atoms with van der Waals surface area (Å²) in [4.78, 5) is 12.2. The number of carbonyl (C=O) groups excluding carboxylic acids is 1. The molecular weight excluding hydrogens is 288 g/mol. The van der Waals surface area contributed by atoms with E-state index in [9.17, 15) is 10.1 Å². The molecule has 4 heteroatoms. The molecule has 2 aromatic carbocycles. The molecule has 0 spiro atoms. The number of ether oxygens (including phenoxy) is 1. The number of carbonyl (C=O) groups is 1. The van der Waals surface area contributed by atoms with Crippen LogP contribution in [0.3, 0.4) is 0 Å². The first kappa shape index (κ1) is 16.3. The molecule has 0 aromatic heterocycles. The number of benzene rings is 2. The molecule has 0 fully saturated rings. The van der Waals surface area contributed by atoms with Crippen LogP contribution in [0.15, 0.2) is 54.1 Å². The second kappa shape index (κ2) is 7.81. The van der Waals surface area contributed by atoms with E-state index in [1.807, 2.05) is 55.5 Å². The summed E-state index contributed by atoms with van der Waals surface area (Å²) < 4.78 is 5.15. The topological polar surface area (TPSA) is 62.1 Å². The minimum absolute atomic E-state index is 0.0780. The van der Waals surface area contributed by atoms with Gasteiger partial charge in [-0.15, -0.1) is 0 Å². The summed E-state index contributed by atoms with van der Waals surface area (Å²) in [5.74, 6) is 0.359. The highest BCUT2D eigenvalue weighted by Crippen LogP contribution is 2.19. The van der Waals surface area contributed by atoms with Crippen molar-refractivity contribution in [2.45, 2.75) is 13.5 Å². The highest BCUT2D eigenvalue weighted by Gasteiger charge is 2.09. The Labute approximate surface area is 136 Å². The minimum atomic E-state index is -0.383. The van der Waals surface area contributed by atoms with Crippen molar-refractivity contribution in [3.05, 3.63) is 70.8 Å². The third-order valence-electron chi connectivity index (χ3n) is 3.44. The zero-order chi connectivity index (χ0) is 16.7. The van der Waals surface area contributed by atoms with Gasteiger partial charge in [-0.1, -0.05) is 36.4 Å². The lowest BCUT2D eigenvalue weighted by Crippen LogP contribution is -2.23. The Balaban J connectivity index is 2.12. The number of rotatable bonds is 5. The molecule has 0 saturated carbocycles. The van der Waals surface area contributed by atoms with E-state index in [4.69, 9.17) is 4.74 Å². The van der Waals surface area contributed by atoms with E-state index < -0.39 is 0 Å². The maximum atomic E-state index is 12.2. The monoisotopic (exact) mass is 306 g/mol. The van der Waals surface area contributed by atoms with Gasteiger partial charge in [0, 0.05) is 6.54 Å². The molecule has 0 unspecified atom stereocenters. The first-order valence-electron chi connectivity index (χ1n) is 7.22. The second-order valence-corrected chi connectivity index (χ2v) is 5.06. The maximum Gasteiger partial charge on any atom is 0.262 e. The lowest BCUT2D eigenvalue weighted by molar-refractivity contribution is -0.117. The van der Waals surface area contributed by atoms with Gasteiger partial charge >= 0.3 is 0 Å². The predicted octanol–water partition coefficient (Wildman–Crippen LogP) is 3.23. The Morgan fingerprint density at radius 3 is 2.61 bits per heavy atom. The first-order chi connectivity index (χ1) is 11.1. The molecule has 23 heavy (non-hydrogen) atoms.